The van der Waals surface area contributed by atoms with Crippen molar-refractivity contribution in [2.45, 2.75) is 51.5 Å². The highest BCUT2D eigenvalue weighted by Gasteiger charge is 2.52. The number of aliphatic hydroxyl groups excluding tert-OH is 1. The lowest BCUT2D eigenvalue weighted by atomic mass is 9.74. The van der Waals surface area contributed by atoms with E-state index >= 15 is 0 Å². The number of piperidine rings is 2. The van der Waals surface area contributed by atoms with Crippen molar-refractivity contribution in [2.75, 3.05) is 39.3 Å². The summed E-state index contributed by atoms with van der Waals surface area (Å²) in [7, 11) is 0. The third kappa shape index (κ3) is 3.18. The van der Waals surface area contributed by atoms with Crippen molar-refractivity contribution in [3.05, 3.63) is 0 Å². The Labute approximate surface area is 144 Å². The fourth-order valence-corrected chi connectivity index (χ4v) is 4.98. The van der Waals surface area contributed by atoms with Crippen LogP contribution in [0.2, 0.25) is 0 Å². The molecule has 6 nitrogen and oxygen atoms in total. The number of rotatable bonds is 2. The molecule has 136 valence electrons. The number of aliphatic hydroxyl groups is 1. The molecule has 1 spiro atoms. The van der Waals surface area contributed by atoms with Gasteiger partial charge in [-0.25, -0.2) is 0 Å². The molecule has 2 amide bonds. The van der Waals surface area contributed by atoms with Crippen LogP contribution in [0.4, 0.5) is 0 Å². The Kier molecular flexibility index (Phi) is 4.89. The highest BCUT2D eigenvalue weighted by atomic mass is 16.3. The van der Waals surface area contributed by atoms with Crippen LogP contribution in [-0.4, -0.2) is 71.6 Å². The van der Waals surface area contributed by atoms with E-state index in [9.17, 15) is 14.7 Å². The molecule has 2 N–H and O–H groups in total. The number of carbonyl (C=O) groups is 2. The van der Waals surface area contributed by atoms with Gasteiger partial charge in [0, 0.05) is 32.5 Å². The van der Waals surface area contributed by atoms with E-state index in [0.717, 1.165) is 64.8 Å². The van der Waals surface area contributed by atoms with Crippen LogP contribution in [0.25, 0.3) is 0 Å². The molecule has 3 heterocycles. The van der Waals surface area contributed by atoms with Gasteiger partial charge in [-0.2, -0.15) is 0 Å². The molecule has 3 saturated heterocycles. The topological polar surface area (TPSA) is 72.9 Å². The zero-order chi connectivity index (χ0) is 17.4. The molecular weight excluding hydrogens is 306 g/mol. The summed E-state index contributed by atoms with van der Waals surface area (Å²) >= 11 is 0. The van der Waals surface area contributed by atoms with E-state index in [1.807, 2.05) is 16.7 Å². The molecule has 0 saturated carbocycles. The first-order chi connectivity index (χ1) is 11.4. The molecular formula is C18H31N3O3. The first kappa shape index (κ1) is 17.7. The van der Waals surface area contributed by atoms with Gasteiger partial charge in [0.05, 0.1) is 12.1 Å². The number of carbonyl (C=O) groups excluding carboxylic acids is 2. The molecule has 24 heavy (non-hydrogen) atoms. The molecule has 1 unspecified atom stereocenters. The van der Waals surface area contributed by atoms with Crippen molar-refractivity contribution in [1.82, 2.24) is 15.1 Å². The molecule has 0 aromatic rings. The van der Waals surface area contributed by atoms with Crippen molar-refractivity contribution in [2.24, 2.45) is 11.3 Å². The number of hydrogen-bond acceptors (Lipinski definition) is 4. The van der Waals surface area contributed by atoms with Crippen LogP contribution < -0.4 is 5.32 Å². The van der Waals surface area contributed by atoms with Crippen molar-refractivity contribution in [3.63, 3.8) is 0 Å². The Morgan fingerprint density at radius 1 is 1.21 bits per heavy atom. The molecule has 3 aliphatic heterocycles. The lowest BCUT2D eigenvalue weighted by Gasteiger charge is -2.41. The third-order valence-corrected chi connectivity index (χ3v) is 6.45. The lowest BCUT2D eigenvalue weighted by molar-refractivity contribution is -0.139. The number of nitrogens with zero attached hydrogens (tertiary/aromatic N) is 2. The fraction of sp³-hybridized carbons (Fsp3) is 0.889. The van der Waals surface area contributed by atoms with E-state index in [2.05, 4.69) is 5.32 Å². The van der Waals surface area contributed by atoms with Crippen LogP contribution in [-0.2, 0) is 9.59 Å². The second-order valence-electron chi connectivity index (χ2n) is 8.29. The van der Waals surface area contributed by atoms with E-state index in [1.54, 1.807) is 6.92 Å². The van der Waals surface area contributed by atoms with Gasteiger partial charge < -0.3 is 20.2 Å². The average Bonchev–Trinajstić information content (AvgIpc) is 2.89. The Morgan fingerprint density at radius 3 is 2.33 bits per heavy atom. The summed E-state index contributed by atoms with van der Waals surface area (Å²) in [6, 6.07) is 0. The zero-order valence-electron chi connectivity index (χ0n) is 15.0. The van der Waals surface area contributed by atoms with E-state index in [0.29, 0.717) is 5.91 Å². The van der Waals surface area contributed by atoms with Crippen molar-refractivity contribution in [1.29, 1.82) is 0 Å². The molecule has 3 fully saturated rings. The van der Waals surface area contributed by atoms with E-state index in [1.165, 1.54) is 0 Å². The summed E-state index contributed by atoms with van der Waals surface area (Å²) in [5.41, 5.74) is -0.388. The fourth-order valence-electron chi connectivity index (χ4n) is 4.98. The van der Waals surface area contributed by atoms with Gasteiger partial charge in [-0.05, 0) is 57.5 Å². The van der Waals surface area contributed by atoms with Gasteiger partial charge in [-0.3, -0.25) is 9.59 Å². The van der Waals surface area contributed by atoms with Crippen LogP contribution >= 0.6 is 0 Å². The predicted molar refractivity (Wildman–Crippen MR) is 91.3 cm³/mol. The smallest absolute Gasteiger partial charge is 0.225 e. The monoisotopic (exact) mass is 337 g/mol. The average molecular weight is 337 g/mol. The number of likely N-dealkylation sites (tertiary alicyclic amines) is 2. The van der Waals surface area contributed by atoms with Gasteiger partial charge in [0.1, 0.15) is 0 Å². The molecule has 0 aromatic carbocycles. The molecule has 3 aliphatic rings. The van der Waals surface area contributed by atoms with Crippen LogP contribution in [0.15, 0.2) is 0 Å². The highest BCUT2D eigenvalue weighted by Crippen LogP contribution is 2.48. The maximum atomic E-state index is 12.7. The molecule has 0 bridgehead atoms. The van der Waals surface area contributed by atoms with Gasteiger partial charge in [0.2, 0.25) is 11.8 Å². The van der Waals surface area contributed by atoms with Crippen molar-refractivity contribution < 1.29 is 14.7 Å². The summed E-state index contributed by atoms with van der Waals surface area (Å²) in [4.78, 5) is 28.6. The predicted octanol–water partition coefficient (Wildman–Crippen LogP) is 0.598. The first-order valence-electron chi connectivity index (χ1n) is 9.28. The van der Waals surface area contributed by atoms with Gasteiger partial charge in [-0.1, -0.05) is 0 Å². The summed E-state index contributed by atoms with van der Waals surface area (Å²) in [5.74, 6) is 0.537. The number of hydrogen-bond donors (Lipinski definition) is 2. The van der Waals surface area contributed by atoms with Gasteiger partial charge >= 0.3 is 0 Å². The van der Waals surface area contributed by atoms with E-state index in [-0.39, 0.29) is 23.8 Å². The zero-order valence-corrected chi connectivity index (χ0v) is 15.0. The summed E-state index contributed by atoms with van der Waals surface area (Å²) in [6.07, 6.45) is 4.60. The molecule has 1 atom stereocenters. The van der Waals surface area contributed by atoms with Crippen LogP contribution in [0, 0.1) is 11.3 Å². The molecule has 6 heteroatoms. The van der Waals surface area contributed by atoms with Crippen molar-refractivity contribution >= 4 is 11.8 Å². The van der Waals surface area contributed by atoms with Crippen molar-refractivity contribution in [3.8, 4) is 0 Å². The molecule has 0 aliphatic carbocycles. The summed E-state index contributed by atoms with van der Waals surface area (Å²) in [6.45, 7) is 7.75. The SMILES string of the molecule is CC(=O)N1CC2(CCN(C(=O)C3CCNCC3)CC2)CC1(C)CO. The normalized spacial score (nSPS) is 30.8. The van der Waals surface area contributed by atoms with Gasteiger partial charge in [0.25, 0.3) is 0 Å². The first-order valence-corrected chi connectivity index (χ1v) is 9.28. The Balaban J connectivity index is 1.62. The molecule has 0 radical (unpaired) electrons. The Morgan fingerprint density at radius 2 is 1.83 bits per heavy atom. The largest absolute Gasteiger partial charge is 0.394 e. The van der Waals surface area contributed by atoms with Gasteiger partial charge in [0.15, 0.2) is 0 Å². The van der Waals surface area contributed by atoms with E-state index in [4.69, 9.17) is 0 Å². The summed E-state index contributed by atoms with van der Waals surface area (Å²) < 4.78 is 0. The van der Waals surface area contributed by atoms with E-state index < -0.39 is 5.54 Å². The maximum absolute atomic E-state index is 12.7. The quantitative estimate of drug-likeness (QED) is 0.774. The number of amides is 2. The van der Waals surface area contributed by atoms with Crippen LogP contribution in [0.5, 0.6) is 0 Å². The third-order valence-electron chi connectivity index (χ3n) is 6.45. The molecule has 0 aromatic heterocycles. The molecule has 3 rings (SSSR count). The highest BCUT2D eigenvalue weighted by molar-refractivity contribution is 5.79. The minimum Gasteiger partial charge on any atom is -0.394 e. The Hall–Kier alpha value is -1.14. The maximum Gasteiger partial charge on any atom is 0.225 e. The van der Waals surface area contributed by atoms with Crippen LogP contribution in [0.3, 0.4) is 0 Å². The minimum absolute atomic E-state index is 0.00600. The van der Waals surface area contributed by atoms with Crippen LogP contribution in [0.1, 0.15) is 46.0 Å². The second-order valence-corrected chi connectivity index (χ2v) is 8.29. The minimum atomic E-state index is -0.451. The Bertz CT molecular complexity index is 496. The van der Waals surface area contributed by atoms with Gasteiger partial charge in [-0.15, -0.1) is 0 Å². The number of nitrogens with one attached hydrogen (secondary N) is 1. The lowest BCUT2D eigenvalue weighted by Crippen LogP contribution is -2.48. The second kappa shape index (κ2) is 6.64. The standard InChI is InChI=1S/C18H31N3O3/c1-14(23)21-12-18(11-17(21,2)13-22)5-9-20(10-6-18)16(24)15-3-7-19-8-4-15/h15,19,22H,3-13H2,1-2H3. The summed E-state index contributed by atoms with van der Waals surface area (Å²) in [5, 5.41) is 13.1.